The van der Waals surface area contributed by atoms with Crippen LogP contribution in [0, 0.1) is 5.82 Å². The lowest BCUT2D eigenvalue weighted by molar-refractivity contribution is 0.0996. The standard InChI is InChI=1S/C16H23ClFNO/c1-2-19-14(6-7-15-4-3-9-20-15)11-12-10-13(18)5-8-16(12)17/h5,8,10,14-15,19H,2-4,6-7,9,11H2,1H3. The summed E-state index contributed by atoms with van der Waals surface area (Å²) in [4.78, 5) is 0. The lowest BCUT2D eigenvalue weighted by Gasteiger charge is -2.20. The molecule has 20 heavy (non-hydrogen) atoms. The molecule has 0 spiro atoms. The van der Waals surface area contributed by atoms with E-state index >= 15 is 0 Å². The second-order valence-corrected chi connectivity index (χ2v) is 5.81. The van der Waals surface area contributed by atoms with Crippen LogP contribution in [0.1, 0.15) is 38.2 Å². The normalized spacial score (nSPS) is 20.2. The fourth-order valence-electron chi connectivity index (χ4n) is 2.79. The van der Waals surface area contributed by atoms with Gasteiger partial charge in [-0.3, -0.25) is 0 Å². The Balaban J connectivity index is 1.91. The van der Waals surface area contributed by atoms with Crippen molar-refractivity contribution in [3.63, 3.8) is 0 Å². The largest absolute Gasteiger partial charge is 0.378 e. The maximum absolute atomic E-state index is 13.3. The lowest BCUT2D eigenvalue weighted by atomic mass is 9.99. The molecule has 2 nitrogen and oxygen atoms in total. The van der Waals surface area contributed by atoms with Gasteiger partial charge in [0.1, 0.15) is 5.82 Å². The maximum Gasteiger partial charge on any atom is 0.123 e. The first-order valence-electron chi connectivity index (χ1n) is 7.48. The third-order valence-corrected chi connectivity index (χ3v) is 4.20. The molecule has 0 saturated carbocycles. The fourth-order valence-corrected chi connectivity index (χ4v) is 2.98. The second kappa shape index (κ2) is 7.96. The van der Waals surface area contributed by atoms with Gasteiger partial charge in [0, 0.05) is 17.7 Å². The van der Waals surface area contributed by atoms with E-state index in [4.69, 9.17) is 16.3 Å². The molecule has 0 aromatic heterocycles. The van der Waals surface area contributed by atoms with Gasteiger partial charge in [-0.2, -0.15) is 0 Å². The van der Waals surface area contributed by atoms with Crippen LogP contribution < -0.4 is 5.32 Å². The Kier molecular flexibility index (Phi) is 6.27. The van der Waals surface area contributed by atoms with Crippen LogP contribution in [0.4, 0.5) is 4.39 Å². The van der Waals surface area contributed by atoms with E-state index in [-0.39, 0.29) is 5.82 Å². The first-order chi connectivity index (χ1) is 9.69. The van der Waals surface area contributed by atoms with Crippen LogP contribution in [0.3, 0.4) is 0 Å². The van der Waals surface area contributed by atoms with E-state index in [1.54, 1.807) is 12.1 Å². The van der Waals surface area contributed by atoms with Gasteiger partial charge in [0.05, 0.1) is 6.10 Å². The van der Waals surface area contributed by atoms with Crippen LogP contribution >= 0.6 is 11.6 Å². The van der Waals surface area contributed by atoms with E-state index in [9.17, 15) is 4.39 Å². The van der Waals surface area contributed by atoms with Gasteiger partial charge in [-0.05, 0) is 62.4 Å². The highest BCUT2D eigenvalue weighted by Gasteiger charge is 2.18. The van der Waals surface area contributed by atoms with Gasteiger partial charge in [-0.15, -0.1) is 0 Å². The van der Waals surface area contributed by atoms with Crippen molar-refractivity contribution in [2.75, 3.05) is 13.2 Å². The minimum absolute atomic E-state index is 0.223. The molecule has 0 radical (unpaired) electrons. The van der Waals surface area contributed by atoms with Gasteiger partial charge in [0.15, 0.2) is 0 Å². The number of hydrogen-bond acceptors (Lipinski definition) is 2. The van der Waals surface area contributed by atoms with E-state index in [1.165, 1.54) is 18.9 Å². The lowest BCUT2D eigenvalue weighted by Crippen LogP contribution is -2.32. The van der Waals surface area contributed by atoms with Gasteiger partial charge in [-0.1, -0.05) is 18.5 Å². The molecule has 0 aliphatic carbocycles. The van der Waals surface area contributed by atoms with E-state index < -0.39 is 0 Å². The molecule has 112 valence electrons. The van der Waals surface area contributed by atoms with Crippen LogP contribution in [0.5, 0.6) is 0 Å². The predicted molar refractivity (Wildman–Crippen MR) is 80.8 cm³/mol. The average Bonchev–Trinajstić information content (AvgIpc) is 2.93. The van der Waals surface area contributed by atoms with Gasteiger partial charge >= 0.3 is 0 Å². The van der Waals surface area contributed by atoms with E-state index in [0.29, 0.717) is 17.2 Å². The molecule has 1 aliphatic rings. The van der Waals surface area contributed by atoms with Crippen LogP contribution in [-0.2, 0) is 11.2 Å². The SMILES string of the molecule is CCNC(CCC1CCCO1)Cc1cc(F)ccc1Cl. The first-order valence-corrected chi connectivity index (χ1v) is 7.85. The number of benzene rings is 1. The van der Waals surface area contributed by atoms with Crippen LogP contribution in [-0.4, -0.2) is 25.3 Å². The third-order valence-electron chi connectivity index (χ3n) is 3.83. The topological polar surface area (TPSA) is 21.3 Å². The smallest absolute Gasteiger partial charge is 0.123 e. The van der Waals surface area contributed by atoms with E-state index in [0.717, 1.165) is 38.0 Å². The summed E-state index contributed by atoms with van der Waals surface area (Å²) >= 11 is 6.15. The monoisotopic (exact) mass is 299 g/mol. The Hall–Kier alpha value is -0.640. The zero-order chi connectivity index (χ0) is 14.4. The highest BCUT2D eigenvalue weighted by molar-refractivity contribution is 6.31. The second-order valence-electron chi connectivity index (χ2n) is 5.41. The molecule has 1 aliphatic heterocycles. The zero-order valence-electron chi connectivity index (χ0n) is 12.0. The van der Waals surface area contributed by atoms with Crippen LogP contribution in [0.2, 0.25) is 5.02 Å². The summed E-state index contributed by atoms with van der Waals surface area (Å²) in [5, 5.41) is 4.11. The van der Waals surface area contributed by atoms with Crippen LogP contribution in [0.15, 0.2) is 18.2 Å². The molecule has 2 atom stereocenters. The fraction of sp³-hybridized carbons (Fsp3) is 0.625. The molecule has 0 amide bonds. The molecule has 4 heteroatoms. The highest BCUT2D eigenvalue weighted by Crippen LogP contribution is 2.22. The molecular formula is C16H23ClFNO. The number of likely N-dealkylation sites (N-methyl/N-ethyl adjacent to an activating group) is 1. The molecule has 1 aromatic rings. The summed E-state index contributed by atoms with van der Waals surface area (Å²) in [6.45, 7) is 3.89. The molecule has 2 rings (SSSR count). The molecule has 1 N–H and O–H groups in total. The molecule has 0 bridgehead atoms. The number of hydrogen-bond donors (Lipinski definition) is 1. The maximum atomic E-state index is 13.3. The van der Waals surface area contributed by atoms with Gasteiger partial charge in [0.25, 0.3) is 0 Å². The summed E-state index contributed by atoms with van der Waals surface area (Å²) in [5.74, 6) is -0.223. The molecular weight excluding hydrogens is 277 g/mol. The van der Waals surface area contributed by atoms with E-state index in [2.05, 4.69) is 12.2 Å². The Morgan fingerprint density at radius 2 is 2.35 bits per heavy atom. The van der Waals surface area contributed by atoms with Gasteiger partial charge < -0.3 is 10.1 Å². The summed E-state index contributed by atoms with van der Waals surface area (Å²) < 4.78 is 19.0. The molecule has 2 unspecified atom stereocenters. The number of rotatable bonds is 7. The number of halogens is 2. The Bertz CT molecular complexity index is 421. The van der Waals surface area contributed by atoms with Crippen molar-refractivity contribution in [3.05, 3.63) is 34.6 Å². The molecule has 1 fully saturated rings. The Labute approximate surface area is 125 Å². The first kappa shape index (κ1) is 15.7. The number of ether oxygens (including phenoxy) is 1. The summed E-state index contributed by atoms with van der Waals surface area (Å²) in [5.41, 5.74) is 0.880. The summed E-state index contributed by atoms with van der Waals surface area (Å²) in [6.07, 6.45) is 5.60. The van der Waals surface area contributed by atoms with Crippen molar-refractivity contribution in [1.29, 1.82) is 0 Å². The van der Waals surface area contributed by atoms with Crippen molar-refractivity contribution in [2.45, 2.75) is 51.2 Å². The van der Waals surface area contributed by atoms with Crippen molar-refractivity contribution in [1.82, 2.24) is 5.32 Å². The zero-order valence-corrected chi connectivity index (χ0v) is 12.8. The minimum atomic E-state index is -0.223. The van der Waals surface area contributed by atoms with Crippen molar-refractivity contribution in [3.8, 4) is 0 Å². The third kappa shape index (κ3) is 4.72. The Morgan fingerprint density at radius 1 is 1.50 bits per heavy atom. The molecule has 1 aromatic carbocycles. The Morgan fingerprint density at radius 3 is 3.05 bits per heavy atom. The minimum Gasteiger partial charge on any atom is -0.378 e. The quantitative estimate of drug-likeness (QED) is 0.823. The summed E-state index contributed by atoms with van der Waals surface area (Å²) in [6, 6.07) is 4.90. The van der Waals surface area contributed by atoms with Crippen LogP contribution in [0.25, 0.3) is 0 Å². The van der Waals surface area contributed by atoms with Crippen molar-refractivity contribution >= 4 is 11.6 Å². The van der Waals surface area contributed by atoms with E-state index in [1.807, 2.05) is 0 Å². The molecule has 1 heterocycles. The highest BCUT2D eigenvalue weighted by atomic mass is 35.5. The van der Waals surface area contributed by atoms with Crippen molar-refractivity contribution < 1.29 is 9.13 Å². The number of nitrogens with one attached hydrogen (secondary N) is 1. The van der Waals surface area contributed by atoms with Gasteiger partial charge in [0.2, 0.25) is 0 Å². The predicted octanol–water partition coefficient (Wildman–Crippen LogP) is 3.96. The van der Waals surface area contributed by atoms with Gasteiger partial charge in [-0.25, -0.2) is 4.39 Å². The average molecular weight is 300 g/mol. The molecule has 1 saturated heterocycles. The van der Waals surface area contributed by atoms with Crippen molar-refractivity contribution in [2.24, 2.45) is 0 Å². The summed E-state index contributed by atoms with van der Waals surface area (Å²) in [7, 11) is 0.